The largest absolute Gasteiger partial charge is 0.480 e. The van der Waals surface area contributed by atoms with E-state index in [9.17, 15) is 140 Å². The summed E-state index contributed by atoms with van der Waals surface area (Å²) in [6.45, 7) is -18.7. The number of rotatable bonds is 60. The molecule has 0 rings (SSSR count). The standard InChI is InChI=1S/C54H93N9O40/c64-22-34(72)51(92)47(88)30(68)13-55-100-26-43(84)96-9-5-62(6-10-97-44(85)27-101-56-14-31(69)48(89)52(93)35(73)23-65)38(76)17-60(20-41(80)81)3-1-59(19-40(78)79)2-4-61(21-42(82)83)18-39(77)63(7-11-98-45(86)28-102-57-15-32(70)49(90)53(94)36(74)24-66)8-12-99-46(87)29-103-58-16-33(71)50(91)54(95)37(75)25-67/h13-16,30-37,47-54,64-75,88-95H,1-12,17-29H2,(H,78,79)(H,80,81)(H,82,83)/b55-13-,56-14+,57-15+,58-16+/t30-,31-,32-,33-,34-,35-,36-,37-,47-,48-,49-,50-,51+,52+,53+,54+/m1/s1. The molecule has 103 heavy (non-hydrogen) atoms. The van der Waals surface area contributed by atoms with Gasteiger partial charge in [-0.3, -0.25) is 38.7 Å². The summed E-state index contributed by atoms with van der Waals surface area (Å²) in [5.41, 5.74) is 0. The fraction of sp³-hybridized carbons (Fsp3) is 0.759. The van der Waals surface area contributed by atoms with Gasteiger partial charge in [-0.1, -0.05) is 20.6 Å². The Kier molecular flexibility index (Phi) is 49.8. The summed E-state index contributed by atoms with van der Waals surface area (Å²) in [6, 6.07) is 0. The van der Waals surface area contributed by atoms with Crippen molar-refractivity contribution in [1.82, 2.24) is 24.5 Å². The van der Waals surface area contributed by atoms with E-state index in [1.165, 1.54) is 0 Å². The quantitative estimate of drug-likeness (QED) is 0.0116. The van der Waals surface area contributed by atoms with Crippen molar-refractivity contribution in [2.24, 2.45) is 20.6 Å². The molecule has 0 saturated heterocycles. The van der Waals surface area contributed by atoms with Gasteiger partial charge in [0, 0.05) is 26.2 Å². The number of hydrogen-bond acceptors (Lipinski definition) is 44. The summed E-state index contributed by atoms with van der Waals surface area (Å²) in [4.78, 5) is 138. The highest BCUT2D eigenvalue weighted by atomic mass is 16.7. The van der Waals surface area contributed by atoms with Crippen molar-refractivity contribution < 1.29 is 199 Å². The Balaban J connectivity index is 6.54. The van der Waals surface area contributed by atoms with Crippen molar-refractivity contribution in [3.63, 3.8) is 0 Å². The highest BCUT2D eigenvalue weighted by molar-refractivity contribution is 5.80. The Hall–Kier alpha value is -7.81. The number of aliphatic carboxylic acids is 3. The molecule has 0 spiro atoms. The topological polar surface area (TPSA) is 758 Å². The molecule has 0 radical (unpaired) electrons. The number of oxime groups is 4. The Morgan fingerprint density at radius 3 is 0.699 bits per heavy atom. The van der Waals surface area contributed by atoms with Crippen LogP contribution in [0, 0.1) is 0 Å². The monoisotopic (exact) mass is 1510 g/mol. The first kappa shape index (κ1) is 95.2. The number of ether oxygens (including phenoxy) is 4. The highest BCUT2D eigenvalue weighted by Gasteiger charge is 2.33. The van der Waals surface area contributed by atoms with E-state index in [2.05, 4.69) is 40.0 Å². The van der Waals surface area contributed by atoms with Gasteiger partial charge in [0.2, 0.25) is 38.2 Å². The van der Waals surface area contributed by atoms with Crippen LogP contribution in [0.4, 0.5) is 0 Å². The molecule has 594 valence electrons. The third kappa shape index (κ3) is 41.9. The van der Waals surface area contributed by atoms with E-state index in [1.807, 2.05) is 0 Å². The lowest BCUT2D eigenvalue weighted by Crippen LogP contribution is -2.49. The number of carboxylic acids is 3. The zero-order valence-electron chi connectivity index (χ0n) is 55.0. The van der Waals surface area contributed by atoms with Crippen molar-refractivity contribution in [1.29, 1.82) is 0 Å². The first-order valence-corrected chi connectivity index (χ1v) is 30.5. The minimum absolute atomic E-state index is 0.405. The molecule has 0 fully saturated rings. The van der Waals surface area contributed by atoms with Crippen LogP contribution in [0.25, 0.3) is 0 Å². The number of esters is 4. The molecule has 2 amide bonds. The maximum absolute atomic E-state index is 13.9. The van der Waals surface area contributed by atoms with Gasteiger partial charge in [-0.2, -0.15) is 0 Å². The third-order valence-electron chi connectivity index (χ3n) is 13.5. The van der Waals surface area contributed by atoms with Gasteiger partial charge in [-0.25, -0.2) is 19.2 Å². The number of aliphatic hydroxyl groups excluding tert-OH is 20. The van der Waals surface area contributed by atoms with Crippen LogP contribution in [0.1, 0.15) is 0 Å². The van der Waals surface area contributed by atoms with Crippen LogP contribution in [0.5, 0.6) is 0 Å². The molecule has 49 heteroatoms. The lowest BCUT2D eigenvalue weighted by molar-refractivity contribution is -0.153. The van der Waals surface area contributed by atoms with Gasteiger partial charge in [-0.05, 0) is 0 Å². The molecule has 0 saturated carbocycles. The second-order valence-corrected chi connectivity index (χ2v) is 21.5. The van der Waals surface area contributed by atoms with Gasteiger partial charge in [-0.15, -0.1) is 0 Å². The molecular formula is C54H93N9O40. The first-order valence-electron chi connectivity index (χ1n) is 30.5. The minimum atomic E-state index is -2.08. The van der Waals surface area contributed by atoms with Crippen molar-refractivity contribution in [2.45, 2.75) is 97.7 Å². The van der Waals surface area contributed by atoms with Gasteiger partial charge in [0.15, 0.2) is 0 Å². The maximum atomic E-state index is 13.9. The maximum Gasteiger partial charge on any atom is 0.347 e. The Morgan fingerprint density at radius 1 is 0.291 bits per heavy atom. The number of carbonyl (C=O) groups is 9. The fourth-order valence-electron chi connectivity index (χ4n) is 7.67. The number of hydrogen-bond donors (Lipinski definition) is 23. The molecule has 0 aromatic carbocycles. The van der Waals surface area contributed by atoms with Crippen molar-refractivity contribution in [2.75, 3.05) is 164 Å². The van der Waals surface area contributed by atoms with Crippen molar-refractivity contribution in [3.8, 4) is 0 Å². The molecule has 23 N–H and O–H groups in total. The van der Waals surface area contributed by atoms with Crippen LogP contribution < -0.4 is 0 Å². The molecule has 0 unspecified atom stereocenters. The third-order valence-corrected chi connectivity index (χ3v) is 13.5. The van der Waals surface area contributed by atoms with E-state index < -0.39 is 316 Å². The Morgan fingerprint density at radius 2 is 0.495 bits per heavy atom. The molecule has 0 aliphatic rings. The smallest absolute Gasteiger partial charge is 0.347 e. The van der Waals surface area contributed by atoms with Gasteiger partial charge < -0.3 is 166 Å². The lowest BCUT2D eigenvalue weighted by atomic mass is 10.0. The van der Waals surface area contributed by atoms with Crippen LogP contribution in [0.3, 0.4) is 0 Å². The average molecular weight is 1510 g/mol. The summed E-state index contributed by atoms with van der Waals surface area (Å²) < 4.78 is 20.1. The molecule has 49 nitrogen and oxygen atoms in total. The predicted octanol–water partition coefficient (Wildman–Crippen LogP) is -17.3. The van der Waals surface area contributed by atoms with E-state index in [0.29, 0.717) is 24.9 Å². The van der Waals surface area contributed by atoms with Crippen LogP contribution in [0.15, 0.2) is 20.6 Å². The molecule has 0 aromatic heterocycles. The van der Waals surface area contributed by atoms with E-state index in [1.54, 1.807) is 0 Å². The summed E-state index contributed by atoms with van der Waals surface area (Å²) >= 11 is 0. The number of aliphatic hydroxyl groups is 20. The molecule has 0 bridgehead atoms. The van der Waals surface area contributed by atoms with E-state index in [-0.39, 0.29) is 0 Å². The second-order valence-electron chi connectivity index (χ2n) is 21.5. The second kappa shape index (κ2) is 53.9. The van der Waals surface area contributed by atoms with E-state index in [0.717, 1.165) is 24.5 Å². The molecule has 0 aliphatic heterocycles. The summed E-state index contributed by atoms with van der Waals surface area (Å²) in [7, 11) is 0. The summed E-state index contributed by atoms with van der Waals surface area (Å²) in [5, 5.41) is 235. The Labute approximate surface area is 583 Å². The van der Waals surface area contributed by atoms with E-state index >= 15 is 0 Å². The first-order chi connectivity index (χ1) is 48.5. The molecule has 0 aliphatic carbocycles. The fourth-order valence-corrected chi connectivity index (χ4v) is 7.67. The molecule has 0 heterocycles. The zero-order chi connectivity index (χ0) is 78.3. The number of carboxylic acid groups (broad SMARTS) is 3. The molecule has 16 atom stereocenters. The number of nitrogens with zero attached hydrogens (tertiary/aromatic N) is 9. The Bertz CT molecular complexity index is 2320. The van der Waals surface area contributed by atoms with Crippen molar-refractivity contribution in [3.05, 3.63) is 0 Å². The van der Waals surface area contributed by atoms with Crippen LogP contribution in [-0.4, -0.2) is 482 Å². The van der Waals surface area contributed by atoms with Crippen LogP contribution in [0.2, 0.25) is 0 Å². The lowest BCUT2D eigenvalue weighted by Gasteiger charge is -2.30. The zero-order valence-corrected chi connectivity index (χ0v) is 55.0. The van der Waals surface area contributed by atoms with Crippen LogP contribution >= 0.6 is 0 Å². The highest BCUT2D eigenvalue weighted by Crippen LogP contribution is 2.09. The van der Waals surface area contributed by atoms with Crippen LogP contribution in [-0.2, 0) is 81.4 Å². The molecule has 0 aromatic rings. The SMILES string of the molecule is O=C(O)CN(CCN(CC(=O)O)CC(=O)N(CCOC(=O)CO/N=C\[C@@H](O)[C@@H](O)[C@@H](O)[C@H](O)CO)CCOC(=O)CO/N=C/[C@@H](O)[C@@H](O)[C@@H](O)[C@H](O)CO)CCN(CC(=O)O)CC(=O)N(CCOC(=O)CO/N=C/[C@@H](O)[C@@H](O)[C@@H](O)[C@H](O)CO)CCOC(=O)CO/N=C/[C@@H](O)[C@@H](O)[C@@H](O)[C@H](O)CO. The van der Waals surface area contributed by atoms with Crippen molar-refractivity contribution >= 4 is 78.5 Å². The molecular weight excluding hydrogens is 1410 g/mol. The number of carbonyl (C=O) groups excluding carboxylic acids is 6. The van der Waals surface area contributed by atoms with Gasteiger partial charge in [0.1, 0.15) is 124 Å². The predicted molar refractivity (Wildman–Crippen MR) is 331 cm³/mol. The normalized spacial score (nSPS) is 16.7. The van der Waals surface area contributed by atoms with Gasteiger partial charge in [0.25, 0.3) is 0 Å². The minimum Gasteiger partial charge on any atom is -0.480 e. The van der Waals surface area contributed by atoms with Gasteiger partial charge >= 0.3 is 41.8 Å². The average Bonchev–Trinajstić information content (AvgIpc) is 0.981. The summed E-state index contributed by atoms with van der Waals surface area (Å²) in [6.07, 6.45) is -29.8. The number of amides is 2. The summed E-state index contributed by atoms with van der Waals surface area (Å²) in [5.74, 6) is -11.2. The van der Waals surface area contributed by atoms with E-state index in [4.69, 9.17) is 39.4 Å². The van der Waals surface area contributed by atoms with Gasteiger partial charge in [0.05, 0.1) is 110 Å².